The molecule has 0 spiro atoms. The maximum atomic E-state index is 12.6. The number of aliphatic hydroxyl groups is 4. The van der Waals surface area contributed by atoms with Gasteiger partial charge >= 0.3 is 11.9 Å². The lowest BCUT2D eigenvalue weighted by atomic mass is 9.87. The lowest BCUT2D eigenvalue weighted by Crippen LogP contribution is -2.60. The Hall–Kier alpha value is -2.05. The summed E-state index contributed by atoms with van der Waals surface area (Å²) in [6.07, 6.45) is -5.34. The third-order valence-electron chi connectivity index (χ3n) is 4.98. The Bertz CT molecular complexity index is 679. The van der Waals surface area contributed by atoms with Crippen molar-refractivity contribution in [3.8, 4) is 0 Å². The van der Waals surface area contributed by atoms with Gasteiger partial charge in [0.2, 0.25) is 6.29 Å². The first-order valence-corrected chi connectivity index (χ1v) is 8.90. The van der Waals surface area contributed by atoms with Crippen molar-refractivity contribution in [1.82, 2.24) is 9.55 Å². The van der Waals surface area contributed by atoms with Crippen LogP contribution in [0.2, 0.25) is 0 Å². The van der Waals surface area contributed by atoms with Gasteiger partial charge in [-0.2, -0.15) is 0 Å². The Morgan fingerprint density at radius 3 is 2.46 bits per heavy atom. The summed E-state index contributed by atoms with van der Waals surface area (Å²) in [6.45, 7) is 1.40. The van der Waals surface area contributed by atoms with Crippen molar-refractivity contribution >= 4 is 11.9 Å². The molecule has 0 amide bonds. The van der Waals surface area contributed by atoms with Crippen molar-refractivity contribution in [3.05, 3.63) is 18.2 Å². The molecule has 0 bridgehead atoms. The maximum absolute atomic E-state index is 12.6. The van der Waals surface area contributed by atoms with E-state index < -0.39 is 54.5 Å². The number of hydrogen-bond donors (Lipinski definition) is 5. The number of rotatable bonds is 8. The summed E-state index contributed by atoms with van der Waals surface area (Å²) in [4.78, 5) is 27.8. The van der Waals surface area contributed by atoms with Gasteiger partial charge in [-0.3, -0.25) is 4.79 Å². The molecule has 11 heteroatoms. The number of ether oxygens (including phenoxy) is 2. The molecule has 0 aliphatic carbocycles. The molecule has 2 heterocycles. The average Bonchev–Trinajstić information content (AvgIpc) is 3.06. The molecule has 1 fully saturated rings. The predicted octanol–water partition coefficient (Wildman–Crippen LogP) is -1.97. The van der Waals surface area contributed by atoms with Crippen LogP contribution in [0.3, 0.4) is 0 Å². The standard InChI is InChI=1S/C17H26N2O9/c1-3-10(8(6-20)4-9-5-18-7-19(9)2)16(26)28-17-13(23)11(21)12(22)14(27-17)15(24)25/h5,7-8,10-14,17,20-23H,3-4,6H2,1-2H3,(H,24,25)/t8-,10-,11-,12-,13+,14-,17-/m0/s1. The first-order valence-electron chi connectivity index (χ1n) is 8.90. The minimum absolute atomic E-state index is 0.304. The second-order valence-electron chi connectivity index (χ2n) is 6.83. The van der Waals surface area contributed by atoms with E-state index in [0.29, 0.717) is 12.8 Å². The number of aryl methyl sites for hydroxylation is 1. The number of esters is 1. The van der Waals surface area contributed by atoms with Gasteiger partial charge in [-0.1, -0.05) is 6.92 Å². The van der Waals surface area contributed by atoms with Crippen LogP contribution in [0, 0.1) is 11.8 Å². The van der Waals surface area contributed by atoms with Crippen LogP contribution in [0.25, 0.3) is 0 Å². The highest BCUT2D eigenvalue weighted by molar-refractivity contribution is 5.74. The number of aliphatic carboxylic acids is 1. The van der Waals surface area contributed by atoms with E-state index >= 15 is 0 Å². The normalized spacial score (nSPS) is 29.9. The quantitative estimate of drug-likeness (QED) is 0.307. The van der Waals surface area contributed by atoms with Crippen LogP contribution in [-0.2, 0) is 32.5 Å². The summed E-state index contributed by atoms with van der Waals surface area (Å²) >= 11 is 0. The second-order valence-corrected chi connectivity index (χ2v) is 6.83. The molecular formula is C17H26N2O9. The van der Waals surface area contributed by atoms with Crippen LogP contribution in [0.4, 0.5) is 0 Å². The predicted molar refractivity (Wildman–Crippen MR) is 91.7 cm³/mol. The maximum Gasteiger partial charge on any atom is 0.335 e. The monoisotopic (exact) mass is 402 g/mol. The van der Waals surface area contributed by atoms with E-state index in [4.69, 9.17) is 14.6 Å². The summed E-state index contributed by atoms with van der Waals surface area (Å²) < 4.78 is 11.8. The van der Waals surface area contributed by atoms with Gasteiger partial charge in [-0.15, -0.1) is 0 Å². The molecule has 0 unspecified atom stereocenters. The van der Waals surface area contributed by atoms with Gasteiger partial charge in [0, 0.05) is 31.5 Å². The van der Waals surface area contributed by atoms with Gasteiger partial charge in [-0.25, -0.2) is 9.78 Å². The Labute approximate surface area is 161 Å². The van der Waals surface area contributed by atoms with Gasteiger partial charge in [0.15, 0.2) is 6.10 Å². The molecule has 1 saturated heterocycles. The minimum Gasteiger partial charge on any atom is -0.479 e. The van der Waals surface area contributed by atoms with E-state index in [2.05, 4.69) is 4.98 Å². The first-order chi connectivity index (χ1) is 13.2. The van der Waals surface area contributed by atoms with Crippen LogP contribution in [-0.4, -0.2) is 84.3 Å². The van der Waals surface area contributed by atoms with Gasteiger partial charge < -0.3 is 39.6 Å². The number of aromatic nitrogens is 2. The molecule has 28 heavy (non-hydrogen) atoms. The molecule has 1 aliphatic rings. The average molecular weight is 402 g/mol. The summed E-state index contributed by atoms with van der Waals surface area (Å²) in [5.41, 5.74) is 0.795. The third kappa shape index (κ3) is 4.67. The molecule has 1 aromatic heterocycles. The van der Waals surface area contributed by atoms with Crippen LogP contribution >= 0.6 is 0 Å². The van der Waals surface area contributed by atoms with Gasteiger partial charge in [0.1, 0.15) is 18.3 Å². The van der Waals surface area contributed by atoms with Crippen molar-refractivity contribution in [2.45, 2.75) is 50.5 Å². The highest BCUT2D eigenvalue weighted by Gasteiger charge is 2.49. The summed E-state index contributed by atoms with van der Waals surface area (Å²) in [5.74, 6) is -3.68. The van der Waals surface area contributed by atoms with Crippen molar-refractivity contribution in [1.29, 1.82) is 0 Å². The van der Waals surface area contributed by atoms with E-state index in [9.17, 15) is 30.0 Å². The second kappa shape index (κ2) is 9.43. The molecular weight excluding hydrogens is 376 g/mol. The fourth-order valence-electron chi connectivity index (χ4n) is 3.23. The molecule has 0 saturated carbocycles. The molecule has 7 atom stereocenters. The van der Waals surface area contributed by atoms with Gasteiger partial charge in [0.25, 0.3) is 0 Å². The van der Waals surface area contributed by atoms with Crippen LogP contribution in [0.15, 0.2) is 12.5 Å². The van der Waals surface area contributed by atoms with E-state index in [1.165, 1.54) is 0 Å². The van der Waals surface area contributed by atoms with Crippen molar-refractivity contribution < 1.29 is 44.6 Å². The van der Waals surface area contributed by atoms with Crippen LogP contribution in [0.1, 0.15) is 19.0 Å². The number of aliphatic hydroxyl groups excluding tert-OH is 4. The lowest BCUT2D eigenvalue weighted by Gasteiger charge is -2.38. The van der Waals surface area contributed by atoms with Crippen molar-refractivity contribution in [2.24, 2.45) is 18.9 Å². The highest BCUT2D eigenvalue weighted by atomic mass is 16.7. The van der Waals surface area contributed by atoms with E-state index in [0.717, 1.165) is 5.69 Å². The van der Waals surface area contributed by atoms with Crippen LogP contribution < -0.4 is 0 Å². The Balaban J connectivity index is 2.11. The summed E-state index contributed by atoms with van der Waals surface area (Å²) in [6, 6.07) is 0. The molecule has 1 aromatic rings. The highest BCUT2D eigenvalue weighted by Crippen LogP contribution is 2.26. The fraction of sp³-hybridized carbons (Fsp3) is 0.706. The van der Waals surface area contributed by atoms with Gasteiger partial charge in [0.05, 0.1) is 12.2 Å². The molecule has 0 radical (unpaired) electrons. The Morgan fingerprint density at radius 2 is 1.96 bits per heavy atom. The molecule has 2 rings (SSSR count). The number of carbonyl (C=O) groups excluding carboxylic acids is 1. The number of imidazole rings is 1. The van der Waals surface area contributed by atoms with E-state index in [-0.39, 0.29) is 6.61 Å². The van der Waals surface area contributed by atoms with Gasteiger partial charge in [-0.05, 0) is 12.8 Å². The Kier molecular flexibility index (Phi) is 7.49. The number of hydrogen-bond acceptors (Lipinski definition) is 9. The molecule has 1 aliphatic heterocycles. The minimum atomic E-state index is -1.88. The fourth-order valence-corrected chi connectivity index (χ4v) is 3.23. The van der Waals surface area contributed by atoms with Crippen molar-refractivity contribution in [2.75, 3.05) is 6.61 Å². The van der Waals surface area contributed by atoms with E-state index in [1.807, 2.05) is 0 Å². The summed E-state index contributed by atoms with van der Waals surface area (Å²) in [7, 11) is 1.78. The first kappa shape index (κ1) is 22.2. The van der Waals surface area contributed by atoms with E-state index in [1.54, 1.807) is 31.1 Å². The molecule has 5 N–H and O–H groups in total. The molecule has 158 valence electrons. The van der Waals surface area contributed by atoms with Crippen LogP contribution in [0.5, 0.6) is 0 Å². The number of carboxylic acid groups (broad SMARTS) is 1. The number of nitrogens with zero attached hydrogens (tertiary/aromatic N) is 2. The Morgan fingerprint density at radius 1 is 1.29 bits per heavy atom. The van der Waals surface area contributed by atoms with Crippen molar-refractivity contribution in [3.63, 3.8) is 0 Å². The SMILES string of the molecule is CC[C@H](C(=O)O[C@@H]1O[C@H](C(=O)O)[C@@H](O)[C@H](O)[C@H]1O)[C@H](CO)Cc1cncn1C. The molecule has 11 nitrogen and oxygen atoms in total. The number of carbonyl (C=O) groups is 2. The zero-order chi connectivity index (χ0) is 21.0. The summed E-state index contributed by atoms with van der Waals surface area (Å²) in [5, 5.41) is 48.3. The zero-order valence-corrected chi connectivity index (χ0v) is 15.6. The topological polar surface area (TPSA) is 172 Å². The largest absolute Gasteiger partial charge is 0.479 e. The smallest absolute Gasteiger partial charge is 0.335 e. The lowest BCUT2D eigenvalue weighted by molar-refractivity contribution is -0.288. The third-order valence-corrected chi connectivity index (χ3v) is 4.98. The number of carboxylic acids is 1. The zero-order valence-electron chi connectivity index (χ0n) is 15.6. The molecule has 0 aromatic carbocycles.